The van der Waals surface area contributed by atoms with E-state index < -0.39 is 7.12 Å². The van der Waals surface area contributed by atoms with E-state index in [9.17, 15) is 0 Å². The highest BCUT2D eigenvalue weighted by Gasteiger charge is 2.08. The summed E-state index contributed by atoms with van der Waals surface area (Å²) >= 11 is 0. The van der Waals surface area contributed by atoms with Gasteiger partial charge >= 0.3 is 7.12 Å². The molecule has 0 heterocycles. The topological polar surface area (TPSA) is 76.6 Å². The molecule has 4 nitrogen and oxygen atoms in total. The smallest absolute Gasteiger partial charge is 0.423 e. The molecule has 0 radical (unpaired) electrons. The molecule has 5 heteroatoms. The molecule has 0 spiro atoms. The largest absolute Gasteiger partial charge is 0.488 e. The normalized spacial score (nSPS) is 10.4. The van der Waals surface area contributed by atoms with Gasteiger partial charge < -0.3 is 10.0 Å². The van der Waals surface area contributed by atoms with Gasteiger partial charge in [0.25, 0.3) is 0 Å². The van der Waals surface area contributed by atoms with Gasteiger partial charge in [0.05, 0.1) is 17.3 Å². The zero-order valence-corrected chi connectivity index (χ0v) is 10.1. The highest BCUT2D eigenvalue weighted by Crippen LogP contribution is 2.12. The molecule has 0 aliphatic carbocycles. The van der Waals surface area contributed by atoms with E-state index in [1.807, 2.05) is 6.07 Å². The third-order valence-corrected chi connectivity index (χ3v) is 2.59. The molecule has 0 atom stereocenters. The molecule has 0 aliphatic heterocycles. The summed E-state index contributed by atoms with van der Waals surface area (Å²) in [7, 11) is -1.45. The summed E-state index contributed by atoms with van der Waals surface area (Å²) in [5.41, 5.74) is 2.65. The van der Waals surface area contributed by atoms with Crippen LogP contribution in [-0.4, -0.2) is 23.4 Å². The molecule has 19 heavy (non-hydrogen) atoms. The SMILES string of the molecule is N#Cc1ccc(N=Cc2ccc(B(O)O)cc2)cc1. The molecule has 0 saturated carbocycles. The molecule has 0 fully saturated rings. The van der Waals surface area contributed by atoms with Crippen LogP contribution in [0.25, 0.3) is 0 Å². The van der Waals surface area contributed by atoms with Crippen LogP contribution in [-0.2, 0) is 0 Å². The van der Waals surface area contributed by atoms with Crippen molar-refractivity contribution in [2.24, 2.45) is 4.99 Å². The lowest BCUT2D eigenvalue weighted by atomic mass is 9.80. The van der Waals surface area contributed by atoms with Gasteiger partial charge in [-0.25, -0.2) is 0 Å². The molecule has 0 aromatic heterocycles. The van der Waals surface area contributed by atoms with Gasteiger partial charge in [0.2, 0.25) is 0 Å². The van der Waals surface area contributed by atoms with Crippen LogP contribution in [0.2, 0.25) is 0 Å². The lowest BCUT2D eigenvalue weighted by Gasteiger charge is -1.99. The maximum absolute atomic E-state index is 8.97. The summed E-state index contributed by atoms with van der Waals surface area (Å²) in [5.74, 6) is 0. The standard InChI is InChI=1S/C14H11BN2O2/c16-9-11-3-7-14(8-4-11)17-10-12-1-5-13(6-2-12)15(18)19/h1-8,10,18-19H. The average molecular weight is 250 g/mol. The van der Waals surface area contributed by atoms with E-state index in [4.69, 9.17) is 15.3 Å². The molecule has 0 unspecified atom stereocenters. The zero-order valence-electron chi connectivity index (χ0n) is 10.1. The highest BCUT2D eigenvalue weighted by atomic mass is 16.4. The third-order valence-electron chi connectivity index (χ3n) is 2.59. The minimum atomic E-state index is -1.45. The maximum Gasteiger partial charge on any atom is 0.488 e. The van der Waals surface area contributed by atoms with E-state index in [2.05, 4.69) is 4.99 Å². The van der Waals surface area contributed by atoms with Gasteiger partial charge in [0.15, 0.2) is 0 Å². The van der Waals surface area contributed by atoms with Crippen LogP contribution in [0, 0.1) is 11.3 Å². The van der Waals surface area contributed by atoms with Crippen LogP contribution in [0.15, 0.2) is 53.5 Å². The Bertz CT molecular complexity index is 613. The van der Waals surface area contributed by atoms with Crippen molar-refractivity contribution in [2.75, 3.05) is 0 Å². The first-order valence-electron chi connectivity index (χ1n) is 5.69. The van der Waals surface area contributed by atoms with Crippen molar-refractivity contribution in [1.82, 2.24) is 0 Å². The van der Waals surface area contributed by atoms with E-state index in [-0.39, 0.29) is 0 Å². The number of aliphatic imine (C=N–C) groups is 1. The lowest BCUT2D eigenvalue weighted by Crippen LogP contribution is -2.29. The second-order valence-electron chi connectivity index (χ2n) is 3.96. The minimum absolute atomic E-state index is 0.440. The fraction of sp³-hybridized carbons (Fsp3) is 0. The summed E-state index contributed by atoms with van der Waals surface area (Å²) < 4.78 is 0. The number of nitriles is 1. The second-order valence-corrected chi connectivity index (χ2v) is 3.96. The van der Waals surface area contributed by atoms with E-state index in [1.54, 1.807) is 54.7 Å². The Morgan fingerprint density at radius 2 is 1.63 bits per heavy atom. The van der Waals surface area contributed by atoms with Crippen molar-refractivity contribution in [2.45, 2.75) is 0 Å². The van der Waals surface area contributed by atoms with Crippen LogP contribution >= 0.6 is 0 Å². The predicted molar refractivity (Wildman–Crippen MR) is 74.7 cm³/mol. The molecule has 2 aromatic carbocycles. The fourth-order valence-electron chi connectivity index (χ4n) is 1.53. The van der Waals surface area contributed by atoms with Crippen molar-refractivity contribution in [3.63, 3.8) is 0 Å². The molecule has 0 amide bonds. The first kappa shape index (κ1) is 13.0. The molecule has 2 aromatic rings. The third kappa shape index (κ3) is 3.52. The molecular formula is C14H11BN2O2. The number of nitrogens with zero attached hydrogens (tertiary/aromatic N) is 2. The summed E-state index contributed by atoms with van der Waals surface area (Å²) in [6.07, 6.45) is 1.68. The number of hydrogen-bond donors (Lipinski definition) is 2. The molecule has 0 aliphatic rings. The maximum atomic E-state index is 8.97. The van der Waals surface area contributed by atoms with Gasteiger partial charge in [-0.3, -0.25) is 4.99 Å². The van der Waals surface area contributed by atoms with E-state index >= 15 is 0 Å². The lowest BCUT2D eigenvalue weighted by molar-refractivity contribution is 0.426. The van der Waals surface area contributed by atoms with Crippen LogP contribution in [0.5, 0.6) is 0 Å². The van der Waals surface area contributed by atoms with Gasteiger partial charge in [-0.2, -0.15) is 5.26 Å². The molecule has 92 valence electrons. The van der Waals surface area contributed by atoms with Crippen molar-refractivity contribution < 1.29 is 10.0 Å². The van der Waals surface area contributed by atoms with Crippen molar-refractivity contribution >= 4 is 24.5 Å². The first-order chi connectivity index (χ1) is 9.19. The van der Waals surface area contributed by atoms with Crippen LogP contribution in [0.3, 0.4) is 0 Å². The Balaban J connectivity index is 2.11. The Labute approximate surface area is 111 Å². The summed E-state index contributed by atoms with van der Waals surface area (Å²) in [6, 6.07) is 15.8. The van der Waals surface area contributed by atoms with Crippen LogP contribution in [0.4, 0.5) is 5.69 Å². The Morgan fingerprint density at radius 1 is 1.00 bits per heavy atom. The molecule has 0 bridgehead atoms. The van der Waals surface area contributed by atoms with Crippen molar-refractivity contribution in [3.05, 3.63) is 59.7 Å². The number of hydrogen-bond acceptors (Lipinski definition) is 4. The molecule has 0 saturated heterocycles. The number of rotatable bonds is 3. The van der Waals surface area contributed by atoms with Crippen LogP contribution in [0.1, 0.15) is 11.1 Å². The monoisotopic (exact) mass is 250 g/mol. The second kappa shape index (κ2) is 5.96. The molecule has 2 rings (SSSR count). The highest BCUT2D eigenvalue weighted by molar-refractivity contribution is 6.58. The molecule has 2 N–H and O–H groups in total. The Kier molecular flexibility index (Phi) is 4.09. The average Bonchev–Trinajstić information content (AvgIpc) is 2.46. The summed E-state index contributed by atoms with van der Waals surface area (Å²) in [4.78, 5) is 4.27. The van der Waals surface area contributed by atoms with Gasteiger partial charge in [-0.05, 0) is 35.3 Å². The van der Waals surface area contributed by atoms with E-state index in [0.717, 1.165) is 11.3 Å². The van der Waals surface area contributed by atoms with E-state index in [1.165, 1.54) is 0 Å². The summed E-state index contributed by atoms with van der Waals surface area (Å²) in [5, 5.41) is 26.6. The van der Waals surface area contributed by atoms with Gasteiger partial charge in [-0.1, -0.05) is 24.3 Å². The Hall–Kier alpha value is -2.42. The quantitative estimate of drug-likeness (QED) is 0.629. The van der Waals surface area contributed by atoms with Gasteiger partial charge in [0.1, 0.15) is 0 Å². The van der Waals surface area contributed by atoms with Crippen LogP contribution < -0.4 is 5.46 Å². The molecular weight excluding hydrogens is 239 g/mol. The zero-order chi connectivity index (χ0) is 13.7. The van der Waals surface area contributed by atoms with Gasteiger partial charge in [-0.15, -0.1) is 0 Å². The Morgan fingerprint density at radius 3 is 2.16 bits per heavy atom. The predicted octanol–water partition coefficient (Wildman–Crippen LogP) is 0.989. The van der Waals surface area contributed by atoms with Gasteiger partial charge in [0, 0.05) is 6.21 Å². The first-order valence-corrected chi connectivity index (χ1v) is 5.69. The minimum Gasteiger partial charge on any atom is -0.423 e. The van der Waals surface area contributed by atoms with E-state index in [0.29, 0.717) is 11.0 Å². The summed E-state index contributed by atoms with van der Waals surface area (Å²) in [6.45, 7) is 0. The van der Waals surface area contributed by atoms with Crippen molar-refractivity contribution in [1.29, 1.82) is 5.26 Å². The van der Waals surface area contributed by atoms with Crippen molar-refractivity contribution in [3.8, 4) is 6.07 Å². The number of benzene rings is 2. The fourth-order valence-corrected chi connectivity index (χ4v) is 1.53.